The summed E-state index contributed by atoms with van der Waals surface area (Å²) in [6.07, 6.45) is 29.5. The summed E-state index contributed by atoms with van der Waals surface area (Å²) in [7, 11) is 0. The highest BCUT2D eigenvalue weighted by Crippen LogP contribution is 2.59. The molecule has 0 heterocycles. The van der Waals surface area contributed by atoms with Gasteiger partial charge in [0, 0.05) is 13.0 Å². The maximum atomic E-state index is 6.44. The van der Waals surface area contributed by atoms with Gasteiger partial charge in [-0.15, -0.1) is 0 Å². The van der Waals surface area contributed by atoms with Crippen molar-refractivity contribution in [1.82, 2.24) is 0 Å². The van der Waals surface area contributed by atoms with Crippen LogP contribution in [0.1, 0.15) is 148 Å². The number of rotatable bonds is 14. The first-order valence-electron chi connectivity index (χ1n) is 16.6. The van der Waals surface area contributed by atoms with Crippen molar-refractivity contribution < 1.29 is 9.47 Å². The number of hydrogen-bond acceptors (Lipinski definition) is 2. The molecule has 3 aliphatic rings. The summed E-state index contributed by atoms with van der Waals surface area (Å²) in [5.74, 6) is 3.87. The third kappa shape index (κ3) is 8.00. The quantitative estimate of drug-likeness (QED) is 0.232. The number of unbranched alkanes of at least 4 members (excludes halogenated alkanes) is 1. The first kappa shape index (κ1) is 29.0. The third-order valence-corrected chi connectivity index (χ3v) is 10.5. The van der Waals surface area contributed by atoms with Gasteiger partial charge in [-0.1, -0.05) is 83.3 Å². The summed E-state index contributed by atoms with van der Waals surface area (Å²) in [6.45, 7) is 5.09. The van der Waals surface area contributed by atoms with E-state index in [-0.39, 0.29) is 6.29 Å². The summed E-state index contributed by atoms with van der Waals surface area (Å²) >= 11 is 0. The van der Waals surface area contributed by atoms with Crippen molar-refractivity contribution in [1.29, 1.82) is 0 Å². The second kappa shape index (κ2) is 15.5. The van der Waals surface area contributed by atoms with Crippen molar-refractivity contribution in [3.8, 4) is 5.75 Å². The van der Waals surface area contributed by atoms with E-state index in [1.807, 2.05) is 0 Å². The Morgan fingerprint density at radius 3 is 1.68 bits per heavy atom. The van der Waals surface area contributed by atoms with E-state index in [1.165, 1.54) is 128 Å². The molecule has 1 aromatic rings. The summed E-state index contributed by atoms with van der Waals surface area (Å²) in [4.78, 5) is 0. The van der Waals surface area contributed by atoms with Crippen LogP contribution < -0.4 is 4.74 Å². The molecule has 0 amide bonds. The van der Waals surface area contributed by atoms with Gasteiger partial charge in [0.15, 0.2) is 6.29 Å². The maximum Gasteiger partial charge on any atom is 0.199 e. The van der Waals surface area contributed by atoms with Crippen molar-refractivity contribution in [3.05, 3.63) is 29.8 Å². The summed E-state index contributed by atoms with van der Waals surface area (Å²) < 4.78 is 12.6. The molecule has 0 bridgehead atoms. The average molecular weight is 511 g/mol. The molecule has 0 spiro atoms. The lowest BCUT2D eigenvalue weighted by atomic mass is 9.50. The Morgan fingerprint density at radius 1 is 0.703 bits per heavy atom. The number of ether oxygens (including phenoxy) is 2. The number of aryl methyl sites for hydroxylation is 1. The van der Waals surface area contributed by atoms with Gasteiger partial charge in [0.25, 0.3) is 0 Å². The molecule has 4 rings (SSSR count). The van der Waals surface area contributed by atoms with E-state index in [0.29, 0.717) is 5.41 Å². The van der Waals surface area contributed by atoms with E-state index in [4.69, 9.17) is 9.47 Å². The number of hydrogen-bond donors (Lipinski definition) is 0. The maximum absolute atomic E-state index is 6.44. The van der Waals surface area contributed by atoms with Crippen LogP contribution in [0.3, 0.4) is 0 Å². The van der Waals surface area contributed by atoms with Gasteiger partial charge in [-0.2, -0.15) is 0 Å². The molecule has 3 fully saturated rings. The molecule has 0 aliphatic heterocycles. The van der Waals surface area contributed by atoms with Crippen LogP contribution in [0.4, 0.5) is 0 Å². The van der Waals surface area contributed by atoms with Gasteiger partial charge in [0.1, 0.15) is 5.75 Å². The van der Waals surface area contributed by atoms with Gasteiger partial charge in [-0.3, -0.25) is 0 Å². The summed E-state index contributed by atoms with van der Waals surface area (Å²) in [5, 5.41) is 0. The molecule has 2 heteroatoms. The largest absolute Gasteiger partial charge is 0.465 e. The Labute approximate surface area is 229 Å². The van der Waals surface area contributed by atoms with Gasteiger partial charge in [-0.05, 0) is 112 Å². The minimum absolute atomic E-state index is 0.117. The fourth-order valence-corrected chi connectivity index (χ4v) is 8.74. The Hall–Kier alpha value is -1.02. The smallest absolute Gasteiger partial charge is 0.199 e. The van der Waals surface area contributed by atoms with Crippen molar-refractivity contribution in [2.75, 3.05) is 6.61 Å². The van der Waals surface area contributed by atoms with Crippen molar-refractivity contribution in [2.45, 2.75) is 155 Å². The van der Waals surface area contributed by atoms with Crippen LogP contribution in [0.2, 0.25) is 0 Å². The highest BCUT2D eigenvalue weighted by atomic mass is 16.7. The van der Waals surface area contributed by atoms with Crippen LogP contribution in [0, 0.1) is 23.2 Å². The van der Waals surface area contributed by atoms with Gasteiger partial charge >= 0.3 is 0 Å². The molecular weight excluding hydrogens is 452 g/mol. The molecule has 2 nitrogen and oxygen atoms in total. The van der Waals surface area contributed by atoms with Gasteiger partial charge in [-0.25, -0.2) is 0 Å². The molecule has 3 aliphatic carbocycles. The Bertz CT molecular complexity index is 677. The molecule has 210 valence electrons. The predicted octanol–water partition coefficient (Wildman–Crippen LogP) is 10.7. The molecule has 1 aromatic carbocycles. The van der Waals surface area contributed by atoms with E-state index in [2.05, 4.69) is 38.1 Å². The third-order valence-electron chi connectivity index (χ3n) is 10.5. The molecule has 3 saturated carbocycles. The van der Waals surface area contributed by atoms with Crippen molar-refractivity contribution in [2.24, 2.45) is 23.2 Å². The van der Waals surface area contributed by atoms with Crippen LogP contribution in [-0.4, -0.2) is 12.9 Å². The van der Waals surface area contributed by atoms with Crippen LogP contribution >= 0.6 is 0 Å². The Morgan fingerprint density at radius 2 is 1.22 bits per heavy atom. The second-order valence-corrected chi connectivity index (χ2v) is 12.8. The van der Waals surface area contributed by atoms with E-state index >= 15 is 0 Å². The van der Waals surface area contributed by atoms with E-state index in [9.17, 15) is 0 Å². The van der Waals surface area contributed by atoms with Gasteiger partial charge < -0.3 is 9.47 Å². The zero-order valence-electron chi connectivity index (χ0n) is 24.5. The lowest BCUT2D eigenvalue weighted by Gasteiger charge is -2.55. The Balaban J connectivity index is 1.45. The zero-order chi connectivity index (χ0) is 25.8. The highest BCUT2D eigenvalue weighted by molar-refractivity contribution is 5.27. The molecule has 0 N–H and O–H groups in total. The summed E-state index contributed by atoms with van der Waals surface area (Å²) in [5.41, 5.74) is 2.00. The van der Waals surface area contributed by atoms with Crippen LogP contribution in [0.5, 0.6) is 5.75 Å². The lowest BCUT2D eigenvalue weighted by Crippen LogP contribution is -2.47. The fraction of sp³-hybridized carbons (Fsp3) is 0.829. The monoisotopic (exact) mass is 510 g/mol. The minimum atomic E-state index is -0.117. The van der Waals surface area contributed by atoms with Crippen molar-refractivity contribution >= 4 is 0 Å². The van der Waals surface area contributed by atoms with Crippen LogP contribution in [0.15, 0.2) is 24.3 Å². The lowest BCUT2D eigenvalue weighted by molar-refractivity contribution is -0.0918. The van der Waals surface area contributed by atoms with E-state index in [0.717, 1.165) is 43.0 Å². The van der Waals surface area contributed by atoms with Gasteiger partial charge in [0.05, 0.1) is 0 Å². The first-order valence-corrected chi connectivity index (χ1v) is 16.6. The SMILES string of the molecule is CCCCc1ccc(OC(CCCC(C2CCCCC2)(C2CCCCC2)C2CCCCC2)OCC)cc1. The molecule has 0 saturated heterocycles. The molecule has 1 atom stereocenters. The minimum Gasteiger partial charge on any atom is -0.465 e. The molecule has 1 unspecified atom stereocenters. The summed E-state index contributed by atoms with van der Waals surface area (Å²) in [6, 6.07) is 8.81. The van der Waals surface area contributed by atoms with E-state index < -0.39 is 0 Å². The van der Waals surface area contributed by atoms with Crippen molar-refractivity contribution in [3.63, 3.8) is 0 Å². The number of benzene rings is 1. The topological polar surface area (TPSA) is 18.5 Å². The average Bonchev–Trinajstić information content (AvgIpc) is 2.96. The predicted molar refractivity (Wildman–Crippen MR) is 157 cm³/mol. The normalized spacial score (nSPS) is 21.7. The fourth-order valence-electron chi connectivity index (χ4n) is 8.74. The van der Waals surface area contributed by atoms with Gasteiger partial charge in [0.2, 0.25) is 0 Å². The molecule has 0 radical (unpaired) electrons. The van der Waals surface area contributed by atoms with E-state index in [1.54, 1.807) is 0 Å². The zero-order valence-corrected chi connectivity index (χ0v) is 24.5. The second-order valence-electron chi connectivity index (χ2n) is 12.8. The van der Waals surface area contributed by atoms with Crippen LogP contribution in [-0.2, 0) is 11.2 Å². The molecule has 37 heavy (non-hydrogen) atoms. The van der Waals surface area contributed by atoms with Crippen LogP contribution in [0.25, 0.3) is 0 Å². The first-order chi connectivity index (χ1) is 18.3. The molecule has 0 aromatic heterocycles. The highest BCUT2D eigenvalue weighted by Gasteiger charge is 2.49. The standard InChI is InChI=1S/C35H58O2/c1-3-5-16-29-24-26-33(27-25-29)37-34(36-4-2)23-15-28-35(30-17-9-6-10-18-30,31-19-11-7-12-20-31)32-21-13-8-14-22-32/h24-27,30-32,34H,3-23,28H2,1-2H3. The Kier molecular flexibility index (Phi) is 12.2. The molecular formula is C35H58O2.